The lowest BCUT2D eigenvalue weighted by atomic mass is 9.98. The number of likely N-dealkylation sites (N-methyl/N-ethyl adjacent to an activating group) is 1. The maximum Gasteiger partial charge on any atom is 0.257 e. The molecule has 0 spiro atoms. The second kappa shape index (κ2) is 11.7. The van der Waals surface area contributed by atoms with Gasteiger partial charge in [-0.1, -0.05) is 42.8 Å². The summed E-state index contributed by atoms with van der Waals surface area (Å²) in [5, 5.41) is 6.72. The fraction of sp³-hybridized carbons (Fsp3) is 0.409. The molecule has 0 aliphatic heterocycles. The highest BCUT2D eigenvalue weighted by Crippen LogP contribution is 2.22. The first kappa shape index (κ1) is 22.2. The first-order chi connectivity index (χ1) is 13.5. The van der Waals surface area contributed by atoms with Crippen molar-refractivity contribution in [2.45, 2.75) is 25.4 Å². The van der Waals surface area contributed by atoms with Gasteiger partial charge in [-0.05, 0) is 54.3 Å². The molecule has 152 valence electrons. The average Bonchev–Trinajstić information content (AvgIpc) is 2.72. The molecule has 0 saturated carbocycles. The zero-order valence-corrected chi connectivity index (χ0v) is 17.5. The van der Waals surface area contributed by atoms with E-state index in [1.807, 2.05) is 48.5 Å². The summed E-state index contributed by atoms with van der Waals surface area (Å²) in [5.41, 5.74) is 2.31. The minimum Gasteiger partial charge on any atom is -0.484 e. The maximum atomic E-state index is 11.2. The number of ether oxygens (including phenoxy) is 2. The van der Waals surface area contributed by atoms with E-state index in [4.69, 9.17) is 21.1 Å². The van der Waals surface area contributed by atoms with Gasteiger partial charge in [-0.25, -0.2) is 0 Å². The van der Waals surface area contributed by atoms with E-state index in [2.05, 4.69) is 17.6 Å². The van der Waals surface area contributed by atoms with Gasteiger partial charge in [0.15, 0.2) is 6.61 Å². The number of benzene rings is 2. The van der Waals surface area contributed by atoms with Crippen LogP contribution in [0, 0.1) is 0 Å². The zero-order chi connectivity index (χ0) is 20.4. The molecule has 2 aromatic rings. The van der Waals surface area contributed by atoms with Gasteiger partial charge < -0.3 is 20.1 Å². The summed E-state index contributed by atoms with van der Waals surface area (Å²) in [4.78, 5) is 11.2. The molecule has 0 bridgehead atoms. The van der Waals surface area contributed by atoms with E-state index in [1.165, 1.54) is 5.56 Å². The van der Waals surface area contributed by atoms with Crippen LogP contribution in [0.15, 0.2) is 48.5 Å². The average molecular weight is 405 g/mol. The van der Waals surface area contributed by atoms with E-state index in [0.29, 0.717) is 11.7 Å². The van der Waals surface area contributed by atoms with Crippen LogP contribution in [-0.4, -0.2) is 39.8 Å². The Morgan fingerprint density at radius 1 is 1.14 bits per heavy atom. The normalized spacial score (nSPS) is 13.0. The van der Waals surface area contributed by atoms with Crippen LogP contribution < -0.4 is 15.4 Å². The second-order valence-electron chi connectivity index (χ2n) is 6.70. The topological polar surface area (TPSA) is 59.6 Å². The Bertz CT molecular complexity index is 737. The molecule has 0 saturated heterocycles. The predicted molar refractivity (Wildman–Crippen MR) is 113 cm³/mol. The van der Waals surface area contributed by atoms with Gasteiger partial charge in [-0.3, -0.25) is 4.79 Å². The molecule has 2 aromatic carbocycles. The van der Waals surface area contributed by atoms with Gasteiger partial charge in [-0.15, -0.1) is 0 Å². The summed E-state index contributed by atoms with van der Waals surface area (Å²) in [7, 11) is 3.30. The summed E-state index contributed by atoms with van der Waals surface area (Å²) in [6.45, 7) is 3.85. The van der Waals surface area contributed by atoms with E-state index in [1.54, 1.807) is 14.2 Å². The zero-order valence-electron chi connectivity index (χ0n) is 16.7. The van der Waals surface area contributed by atoms with Crippen molar-refractivity contribution in [3.05, 3.63) is 64.7 Å². The van der Waals surface area contributed by atoms with Crippen LogP contribution in [-0.2, 0) is 9.53 Å². The highest BCUT2D eigenvalue weighted by atomic mass is 35.5. The number of halogens is 1. The van der Waals surface area contributed by atoms with Crippen LogP contribution >= 0.6 is 11.6 Å². The van der Waals surface area contributed by atoms with Crippen LogP contribution in [0.5, 0.6) is 5.75 Å². The van der Waals surface area contributed by atoms with Crippen LogP contribution in [0.3, 0.4) is 0 Å². The SMILES string of the molecule is CNC(=O)COc1ccc(C(C)CCNCC(OC)c2cccc(Cl)c2)cc1. The summed E-state index contributed by atoms with van der Waals surface area (Å²) in [6, 6.07) is 15.7. The third-order valence-corrected chi connectivity index (χ3v) is 4.92. The van der Waals surface area contributed by atoms with Crippen LogP contribution in [0.25, 0.3) is 0 Å². The smallest absolute Gasteiger partial charge is 0.257 e. The number of rotatable bonds is 11. The number of hydrogen-bond donors (Lipinski definition) is 2. The number of carbonyl (C=O) groups is 1. The molecule has 6 heteroatoms. The fourth-order valence-electron chi connectivity index (χ4n) is 2.88. The highest BCUT2D eigenvalue weighted by molar-refractivity contribution is 6.30. The fourth-order valence-corrected chi connectivity index (χ4v) is 3.07. The molecule has 0 aliphatic carbocycles. The van der Waals surface area contributed by atoms with Gasteiger partial charge in [0.1, 0.15) is 5.75 Å². The minimum atomic E-state index is -0.143. The van der Waals surface area contributed by atoms with Gasteiger partial charge in [0.25, 0.3) is 5.91 Å². The van der Waals surface area contributed by atoms with E-state index in [0.717, 1.165) is 30.1 Å². The van der Waals surface area contributed by atoms with Crippen molar-refractivity contribution < 1.29 is 14.3 Å². The van der Waals surface area contributed by atoms with Crippen molar-refractivity contribution in [3.63, 3.8) is 0 Å². The minimum absolute atomic E-state index is 0.0224. The van der Waals surface area contributed by atoms with E-state index < -0.39 is 0 Å². The first-order valence-electron chi connectivity index (χ1n) is 9.45. The summed E-state index contributed by atoms with van der Waals surface area (Å²) in [6.07, 6.45) is 0.982. The van der Waals surface area contributed by atoms with E-state index >= 15 is 0 Å². The number of methoxy groups -OCH3 is 1. The Hall–Kier alpha value is -2.08. The predicted octanol–water partition coefficient (Wildman–Crippen LogP) is 3.94. The molecule has 2 unspecified atom stereocenters. The van der Waals surface area contributed by atoms with Gasteiger partial charge in [0, 0.05) is 25.7 Å². The highest BCUT2D eigenvalue weighted by Gasteiger charge is 2.11. The van der Waals surface area contributed by atoms with Gasteiger partial charge in [-0.2, -0.15) is 0 Å². The Labute approximate surface area is 172 Å². The maximum absolute atomic E-state index is 11.2. The van der Waals surface area contributed by atoms with Gasteiger partial charge in [0.2, 0.25) is 0 Å². The molecule has 2 N–H and O–H groups in total. The lowest BCUT2D eigenvalue weighted by Crippen LogP contribution is -2.25. The number of amides is 1. The lowest BCUT2D eigenvalue weighted by molar-refractivity contribution is -0.122. The molecule has 28 heavy (non-hydrogen) atoms. The third kappa shape index (κ3) is 7.15. The standard InChI is InChI=1S/C22H29ClN2O3/c1-16(17-7-9-20(10-8-17)28-15-22(26)24-2)11-12-25-14-21(27-3)18-5-4-6-19(23)13-18/h4-10,13,16,21,25H,11-12,14-15H2,1-3H3,(H,24,26). The molecular formula is C22H29ClN2O3. The summed E-state index contributed by atoms with van der Waals surface area (Å²) in [5.74, 6) is 0.963. The van der Waals surface area contributed by atoms with Crippen molar-refractivity contribution in [2.24, 2.45) is 0 Å². The summed E-state index contributed by atoms with van der Waals surface area (Å²) >= 11 is 6.07. The van der Waals surface area contributed by atoms with Crippen molar-refractivity contribution >= 4 is 17.5 Å². The Morgan fingerprint density at radius 2 is 1.89 bits per heavy atom. The quantitative estimate of drug-likeness (QED) is 0.557. The molecule has 0 aromatic heterocycles. The van der Waals surface area contributed by atoms with Crippen molar-refractivity contribution in [3.8, 4) is 5.75 Å². The Kier molecular flexibility index (Phi) is 9.28. The largest absolute Gasteiger partial charge is 0.484 e. The molecular weight excluding hydrogens is 376 g/mol. The first-order valence-corrected chi connectivity index (χ1v) is 9.83. The number of carbonyl (C=O) groups excluding carboxylic acids is 1. The lowest BCUT2D eigenvalue weighted by Gasteiger charge is -2.18. The molecule has 2 atom stereocenters. The number of nitrogens with one attached hydrogen (secondary N) is 2. The van der Waals surface area contributed by atoms with Crippen LogP contribution in [0.1, 0.15) is 36.5 Å². The molecule has 0 radical (unpaired) electrons. The third-order valence-electron chi connectivity index (χ3n) is 4.69. The Morgan fingerprint density at radius 3 is 2.54 bits per heavy atom. The molecule has 5 nitrogen and oxygen atoms in total. The Balaban J connectivity index is 1.75. The van der Waals surface area contributed by atoms with Crippen LogP contribution in [0.2, 0.25) is 5.02 Å². The molecule has 1 amide bonds. The second-order valence-corrected chi connectivity index (χ2v) is 7.14. The summed E-state index contributed by atoms with van der Waals surface area (Å²) < 4.78 is 11.0. The number of hydrogen-bond acceptors (Lipinski definition) is 4. The monoisotopic (exact) mass is 404 g/mol. The molecule has 0 aliphatic rings. The van der Waals surface area contributed by atoms with E-state index in [9.17, 15) is 4.79 Å². The van der Waals surface area contributed by atoms with Crippen molar-refractivity contribution in [1.82, 2.24) is 10.6 Å². The molecule has 0 heterocycles. The van der Waals surface area contributed by atoms with Gasteiger partial charge in [0.05, 0.1) is 6.10 Å². The molecule has 2 rings (SSSR count). The van der Waals surface area contributed by atoms with Crippen LogP contribution in [0.4, 0.5) is 0 Å². The van der Waals surface area contributed by atoms with Crippen molar-refractivity contribution in [1.29, 1.82) is 0 Å². The van der Waals surface area contributed by atoms with E-state index in [-0.39, 0.29) is 18.6 Å². The van der Waals surface area contributed by atoms with Gasteiger partial charge >= 0.3 is 0 Å². The molecule has 0 fully saturated rings. The van der Waals surface area contributed by atoms with Crippen molar-refractivity contribution in [2.75, 3.05) is 33.9 Å².